The van der Waals surface area contributed by atoms with Gasteiger partial charge in [-0.05, 0) is 22.3 Å². The molecule has 1 amide bonds. The molecular weight excluding hydrogens is 430 g/mol. The lowest BCUT2D eigenvalue weighted by Gasteiger charge is -2.38. The summed E-state index contributed by atoms with van der Waals surface area (Å²) in [5, 5.41) is 12.7. The Balaban J connectivity index is 1.61. The number of alkyl halides is 3. The topological polar surface area (TPSA) is 61.8 Å². The molecule has 0 aromatic heterocycles. The number of likely N-dealkylation sites (tertiary alicyclic amines) is 1. The number of hydrogen-bond acceptors (Lipinski definition) is 4. The molecule has 5 nitrogen and oxygen atoms in total. The maximum atomic E-state index is 13.3. The average molecular weight is 455 g/mol. The smallest absolute Gasteiger partial charge is 0.253 e. The Labute approximate surface area is 185 Å². The van der Waals surface area contributed by atoms with E-state index in [1.807, 2.05) is 12.1 Å². The Morgan fingerprint density at radius 1 is 1.17 bits per heavy atom. The molecule has 8 heteroatoms. The molecule has 0 saturated carbocycles. The lowest BCUT2D eigenvalue weighted by molar-refractivity contribution is -0.121. The van der Waals surface area contributed by atoms with Gasteiger partial charge in [0.15, 0.2) is 4.84 Å². The summed E-state index contributed by atoms with van der Waals surface area (Å²) >= 11 is 10.9. The second-order valence-corrected chi connectivity index (χ2v) is 8.48. The van der Waals surface area contributed by atoms with Gasteiger partial charge in [0.2, 0.25) is 0 Å². The van der Waals surface area contributed by atoms with E-state index in [1.54, 1.807) is 19.2 Å². The number of rotatable bonds is 9. The summed E-state index contributed by atoms with van der Waals surface area (Å²) in [4.78, 5) is 12.6. The first kappa shape index (κ1) is 23.0. The third-order valence-electron chi connectivity index (χ3n) is 5.28. The Kier molecular flexibility index (Phi) is 8.08. The summed E-state index contributed by atoms with van der Waals surface area (Å²) in [5.74, 6) is -0.743. The SMILES string of the molecule is COC1CN(Cc2ccc(-c3ccc([C@H](O)[C@@H](CF)NC(=O)C(Cl)Cl)cc3)cc2)C1. The van der Waals surface area contributed by atoms with Crippen LogP contribution in [0.1, 0.15) is 17.2 Å². The van der Waals surface area contributed by atoms with Gasteiger partial charge >= 0.3 is 0 Å². The number of ether oxygens (including phenoxy) is 1. The van der Waals surface area contributed by atoms with E-state index in [0.29, 0.717) is 11.7 Å². The molecule has 2 N–H and O–H groups in total. The predicted octanol–water partition coefficient (Wildman–Crippen LogP) is 3.48. The van der Waals surface area contributed by atoms with Crippen LogP contribution in [0.4, 0.5) is 4.39 Å². The van der Waals surface area contributed by atoms with Crippen molar-refractivity contribution in [1.82, 2.24) is 10.2 Å². The first-order valence-corrected chi connectivity index (χ1v) is 10.6. The second-order valence-electron chi connectivity index (χ2n) is 7.39. The van der Waals surface area contributed by atoms with Gasteiger partial charge in [-0.2, -0.15) is 0 Å². The van der Waals surface area contributed by atoms with Crippen LogP contribution in [0.3, 0.4) is 0 Å². The zero-order chi connectivity index (χ0) is 21.7. The zero-order valence-corrected chi connectivity index (χ0v) is 18.1. The predicted molar refractivity (Wildman–Crippen MR) is 116 cm³/mol. The third kappa shape index (κ3) is 5.71. The molecule has 0 unspecified atom stereocenters. The van der Waals surface area contributed by atoms with Gasteiger partial charge in [-0.1, -0.05) is 71.7 Å². The average Bonchev–Trinajstić information content (AvgIpc) is 2.74. The molecule has 0 spiro atoms. The highest BCUT2D eigenvalue weighted by Gasteiger charge is 2.26. The lowest BCUT2D eigenvalue weighted by atomic mass is 9.98. The maximum absolute atomic E-state index is 13.3. The minimum Gasteiger partial charge on any atom is -0.386 e. The Bertz CT molecular complexity index is 827. The van der Waals surface area contributed by atoms with Crippen molar-refractivity contribution >= 4 is 29.1 Å². The van der Waals surface area contributed by atoms with E-state index in [2.05, 4.69) is 34.5 Å². The summed E-state index contributed by atoms with van der Waals surface area (Å²) in [5.41, 5.74) is 3.74. The van der Waals surface area contributed by atoms with Crippen LogP contribution in [0.2, 0.25) is 0 Å². The summed E-state index contributed by atoms with van der Waals surface area (Å²) < 4.78 is 18.6. The summed E-state index contributed by atoms with van der Waals surface area (Å²) in [6.45, 7) is 1.86. The number of aliphatic hydroxyl groups is 1. The van der Waals surface area contributed by atoms with E-state index < -0.39 is 29.6 Å². The number of halogens is 3. The largest absolute Gasteiger partial charge is 0.386 e. The van der Waals surface area contributed by atoms with E-state index in [-0.39, 0.29) is 0 Å². The van der Waals surface area contributed by atoms with Gasteiger partial charge in [0.25, 0.3) is 5.91 Å². The number of amides is 1. The van der Waals surface area contributed by atoms with E-state index in [9.17, 15) is 14.3 Å². The zero-order valence-electron chi connectivity index (χ0n) is 16.6. The first-order valence-electron chi connectivity index (χ1n) is 9.68. The van der Waals surface area contributed by atoms with Gasteiger partial charge in [0, 0.05) is 26.7 Å². The summed E-state index contributed by atoms with van der Waals surface area (Å²) in [6, 6.07) is 14.3. The minimum absolute atomic E-state index is 0.342. The highest BCUT2D eigenvalue weighted by Crippen LogP contribution is 2.25. The second kappa shape index (κ2) is 10.6. The molecule has 2 aromatic carbocycles. The summed E-state index contributed by atoms with van der Waals surface area (Å²) in [6.07, 6.45) is -0.871. The molecule has 1 saturated heterocycles. The van der Waals surface area contributed by atoms with E-state index in [1.165, 1.54) is 5.56 Å². The van der Waals surface area contributed by atoms with Crippen molar-refractivity contribution in [1.29, 1.82) is 0 Å². The van der Waals surface area contributed by atoms with Crippen LogP contribution in [-0.2, 0) is 16.1 Å². The van der Waals surface area contributed by atoms with Crippen LogP contribution in [0.25, 0.3) is 11.1 Å². The molecule has 30 heavy (non-hydrogen) atoms. The lowest BCUT2D eigenvalue weighted by Crippen LogP contribution is -2.50. The van der Waals surface area contributed by atoms with Gasteiger partial charge in [-0.25, -0.2) is 4.39 Å². The monoisotopic (exact) mass is 454 g/mol. The number of aliphatic hydroxyl groups excluding tert-OH is 1. The van der Waals surface area contributed by atoms with Gasteiger partial charge < -0.3 is 15.2 Å². The van der Waals surface area contributed by atoms with E-state index in [4.69, 9.17) is 27.9 Å². The van der Waals surface area contributed by atoms with Crippen LogP contribution < -0.4 is 5.32 Å². The van der Waals surface area contributed by atoms with Crippen molar-refractivity contribution in [2.75, 3.05) is 26.9 Å². The van der Waals surface area contributed by atoms with Crippen molar-refractivity contribution in [3.05, 3.63) is 59.7 Å². The number of benzene rings is 2. The molecule has 0 radical (unpaired) electrons. The standard InChI is InChI=1S/C22H25Cl2FN2O3/c1-30-18-12-27(13-18)11-14-2-4-15(5-3-14)16-6-8-17(9-7-16)20(28)19(10-25)26-22(29)21(23)24/h2-9,18-21,28H,10-13H2,1H3,(H,26,29)/t19-,20+/m1/s1. The van der Waals surface area contributed by atoms with Crippen molar-refractivity contribution in [3.63, 3.8) is 0 Å². The number of methoxy groups -OCH3 is 1. The number of nitrogens with one attached hydrogen (secondary N) is 1. The number of carbonyl (C=O) groups excluding carboxylic acids is 1. The molecule has 2 aromatic rings. The van der Waals surface area contributed by atoms with Crippen LogP contribution in [0.15, 0.2) is 48.5 Å². The van der Waals surface area contributed by atoms with Gasteiger partial charge in [0.05, 0.1) is 12.1 Å². The fourth-order valence-electron chi connectivity index (χ4n) is 3.41. The minimum atomic E-state index is -1.32. The first-order chi connectivity index (χ1) is 14.4. The third-order valence-corrected chi connectivity index (χ3v) is 5.67. The fourth-order valence-corrected chi connectivity index (χ4v) is 3.54. The molecule has 1 heterocycles. The Hall–Kier alpha value is -1.70. The van der Waals surface area contributed by atoms with E-state index >= 15 is 0 Å². The Morgan fingerprint density at radius 3 is 2.23 bits per heavy atom. The number of nitrogens with zero attached hydrogens (tertiary/aromatic N) is 1. The highest BCUT2D eigenvalue weighted by atomic mass is 35.5. The molecule has 1 aliphatic rings. The molecule has 1 aliphatic heterocycles. The van der Waals surface area contributed by atoms with Crippen molar-refractivity contribution in [3.8, 4) is 11.1 Å². The molecule has 2 atom stereocenters. The maximum Gasteiger partial charge on any atom is 0.253 e. The molecule has 3 rings (SSSR count). The summed E-state index contributed by atoms with van der Waals surface area (Å²) in [7, 11) is 1.74. The van der Waals surface area contributed by atoms with Crippen LogP contribution >= 0.6 is 23.2 Å². The van der Waals surface area contributed by atoms with Crippen molar-refractivity contribution < 1.29 is 19.0 Å². The molecular formula is C22H25Cl2FN2O3. The Morgan fingerprint density at radius 2 is 1.73 bits per heavy atom. The van der Waals surface area contributed by atoms with Gasteiger partial charge in [0.1, 0.15) is 12.8 Å². The molecule has 0 bridgehead atoms. The fraction of sp³-hybridized carbons (Fsp3) is 0.409. The number of hydrogen-bond donors (Lipinski definition) is 2. The highest BCUT2D eigenvalue weighted by molar-refractivity contribution is 6.53. The molecule has 162 valence electrons. The van der Waals surface area contributed by atoms with E-state index in [0.717, 1.165) is 30.8 Å². The quantitative estimate of drug-likeness (QED) is 0.569. The van der Waals surface area contributed by atoms with Gasteiger partial charge in [-0.15, -0.1) is 0 Å². The normalized spacial score (nSPS) is 16.9. The number of carbonyl (C=O) groups is 1. The molecule has 0 aliphatic carbocycles. The van der Waals surface area contributed by atoms with Crippen LogP contribution in [0, 0.1) is 0 Å². The van der Waals surface area contributed by atoms with Crippen molar-refractivity contribution in [2.24, 2.45) is 0 Å². The molecule has 1 fully saturated rings. The van der Waals surface area contributed by atoms with Gasteiger partial charge in [-0.3, -0.25) is 9.69 Å². The van der Waals surface area contributed by atoms with Crippen LogP contribution in [-0.4, -0.2) is 59.8 Å². The van der Waals surface area contributed by atoms with Crippen molar-refractivity contribution in [2.45, 2.75) is 29.6 Å². The van der Waals surface area contributed by atoms with Crippen LogP contribution in [0.5, 0.6) is 0 Å².